The van der Waals surface area contributed by atoms with Gasteiger partial charge in [-0.05, 0) is 70.1 Å². The number of aliphatic imine (C=N–C) groups is 1. The molecule has 0 radical (unpaired) electrons. The Bertz CT molecular complexity index is 645. The number of likely N-dealkylation sites (tertiary alicyclic amines) is 1. The van der Waals surface area contributed by atoms with Gasteiger partial charge in [0.1, 0.15) is 5.75 Å². The van der Waals surface area contributed by atoms with E-state index in [0.29, 0.717) is 18.8 Å². The van der Waals surface area contributed by atoms with Crippen LogP contribution < -0.4 is 10.1 Å². The van der Waals surface area contributed by atoms with E-state index in [4.69, 9.17) is 19.2 Å². The molecule has 2 saturated heterocycles. The zero-order valence-electron chi connectivity index (χ0n) is 19.2. The molecule has 2 fully saturated rings. The van der Waals surface area contributed by atoms with Gasteiger partial charge < -0.3 is 24.4 Å². The SMILES string of the molecule is CCNC(=NCCc1cccc(OCC)c1)N1CCC(OCC2CCCCO2)CC1.I. The van der Waals surface area contributed by atoms with Gasteiger partial charge in [-0.15, -0.1) is 24.0 Å². The van der Waals surface area contributed by atoms with E-state index in [-0.39, 0.29) is 24.0 Å². The maximum atomic E-state index is 6.16. The van der Waals surface area contributed by atoms with E-state index in [9.17, 15) is 0 Å². The fourth-order valence-corrected chi connectivity index (χ4v) is 4.09. The van der Waals surface area contributed by atoms with Gasteiger partial charge in [0.15, 0.2) is 5.96 Å². The lowest BCUT2D eigenvalue weighted by Gasteiger charge is -2.35. The lowest BCUT2D eigenvalue weighted by molar-refractivity contribution is -0.0721. The first-order chi connectivity index (χ1) is 14.8. The van der Waals surface area contributed by atoms with Crippen molar-refractivity contribution in [2.75, 3.05) is 46.0 Å². The zero-order valence-corrected chi connectivity index (χ0v) is 21.5. The first kappa shape index (κ1) is 26.2. The van der Waals surface area contributed by atoms with Crippen molar-refractivity contribution in [1.82, 2.24) is 10.2 Å². The van der Waals surface area contributed by atoms with Gasteiger partial charge in [0.2, 0.25) is 0 Å². The Morgan fingerprint density at radius 3 is 2.74 bits per heavy atom. The van der Waals surface area contributed by atoms with Crippen molar-refractivity contribution in [3.05, 3.63) is 29.8 Å². The van der Waals surface area contributed by atoms with Crippen LogP contribution in [0, 0.1) is 0 Å². The number of nitrogens with one attached hydrogen (secondary N) is 1. The molecule has 2 aliphatic rings. The minimum Gasteiger partial charge on any atom is -0.494 e. The molecule has 0 bridgehead atoms. The molecule has 1 unspecified atom stereocenters. The van der Waals surface area contributed by atoms with E-state index < -0.39 is 0 Å². The normalized spacial score (nSPS) is 20.3. The first-order valence-corrected chi connectivity index (χ1v) is 11.8. The Balaban J connectivity index is 0.00000341. The molecule has 176 valence electrons. The quantitative estimate of drug-likeness (QED) is 0.286. The average molecular weight is 546 g/mol. The molecule has 0 aromatic heterocycles. The van der Waals surface area contributed by atoms with Crippen molar-refractivity contribution in [2.24, 2.45) is 4.99 Å². The summed E-state index contributed by atoms with van der Waals surface area (Å²) in [4.78, 5) is 7.25. The Labute approximate surface area is 205 Å². The second-order valence-corrected chi connectivity index (χ2v) is 8.07. The molecule has 0 aliphatic carbocycles. The highest BCUT2D eigenvalue weighted by molar-refractivity contribution is 14.0. The van der Waals surface area contributed by atoms with Crippen molar-refractivity contribution < 1.29 is 14.2 Å². The number of rotatable bonds is 9. The van der Waals surface area contributed by atoms with Crippen molar-refractivity contribution >= 4 is 29.9 Å². The van der Waals surface area contributed by atoms with Crippen LogP contribution in [0.1, 0.15) is 51.5 Å². The summed E-state index contributed by atoms with van der Waals surface area (Å²) in [6.07, 6.45) is 7.26. The summed E-state index contributed by atoms with van der Waals surface area (Å²) in [6, 6.07) is 8.32. The molecular weight excluding hydrogens is 505 g/mol. The Morgan fingerprint density at radius 1 is 1.19 bits per heavy atom. The number of ether oxygens (including phenoxy) is 3. The molecule has 7 heteroatoms. The monoisotopic (exact) mass is 545 g/mol. The molecule has 1 aromatic rings. The largest absolute Gasteiger partial charge is 0.494 e. The number of guanidine groups is 1. The van der Waals surface area contributed by atoms with E-state index in [0.717, 1.165) is 76.8 Å². The van der Waals surface area contributed by atoms with E-state index >= 15 is 0 Å². The molecular formula is C24H40IN3O3. The van der Waals surface area contributed by atoms with Gasteiger partial charge in [-0.1, -0.05) is 12.1 Å². The third-order valence-electron chi connectivity index (χ3n) is 5.74. The van der Waals surface area contributed by atoms with Crippen LogP contribution >= 0.6 is 24.0 Å². The fourth-order valence-electron chi connectivity index (χ4n) is 4.09. The molecule has 1 N–H and O–H groups in total. The van der Waals surface area contributed by atoms with Crippen molar-refractivity contribution in [3.8, 4) is 5.75 Å². The predicted octanol–water partition coefficient (Wildman–Crippen LogP) is 4.26. The van der Waals surface area contributed by atoms with E-state index in [1.54, 1.807) is 0 Å². The van der Waals surface area contributed by atoms with Crippen LogP contribution in [0.4, 0.5) is 0 Å². The number of nitrogens with zero attached hydrogens (tertiary/aromatic N) is 2. The fraction of sp³-hybridized carbons (Fsp3) is 0.708. The predicted molar refractivity (Wildman–Crippen MR) is 137 cm³/mol. The smallest absolute Gasteiger partial charge is 0.193 e. The van der Waals surface area contributed by atoms with Gasteiger partial charge in [-0.3, -0.25) is 4.99 Å². The van der Waals surface area contributed by atoms with Gasteiger partial charge in [0.25, 0.3) is 0 Å². The molecule has 6 nitrogen and oxygen atoms in total. The standard InChI is InChI=1S/C24H39N3O3.HI/c1-3-25-24(26-14-11-20-8-7-10-22(18-20)28-4-2)27-15-12-21(13-16-27)30-19-23-9-5-6-17-29-23;/h7-8,10,18,21,23H,3-6,9,11-17,19H2,1-2H3,(H,25,26);1H. The van der Waals surface area contributed by atoms with Crippen LogP contribution in [0.15, 0.2) is 29.3 Å². The topological polar surface area (TPSA) is 55.3 Å². The summed E-state index contributed by atoms with van der Waals surface area (Å²) in [5.74, 6) is 1.96. The van der Waals surface area contributed by atoms with Crippen LogP contribution in [0.25, 0.3) is 0 Å². The summed E-state index contributed by atoms with van der Waals surface area (Å²) >= 11 is 0. The number of hydrogen-bond donors (Lipinski definition) is 1. The van der Waals surface area contributed by atoms with Crippen LogP contribution in [0.2, 0.25) is 0 Å². The molecule has 2 heterocycles. The molecule has 1 atom stereocenters. The number of hydrogen-bond acceptors (Lipinski definition) is 4. The third kappa shape index (κ3) is 9.14. The molecule has 0 saturated carbocycles. The van der Waals surface area contributed by atoms with Crippen LogP contribution in [0.3, 0.4) is 0 Å². The zero-order chi connectivity index (χ0) is 21.0. The molecule has 31 heavy (non-hydrogen) atoms. The summed E-state index contributed by atoms with van der Waals surface area (Å²) < 4.78 is 17.5. The first-order valence-electron chi connectivity index (χ1n) is 11.8. The number of piperidine rings is 1. The van der Waals surface area contributed by atoms with Gasteiger partial charge in [-0.2, -0.15) is 0 Å². The summed E-state index contributed by atoms with van der Waals surface area (Å²) in [6.45, 7) is 10.1. The second kappa shape index (κ2) is 14.9. The lowest BCUT2D eigenvalue weighted by Crippen LogP contribution is -2.47. The van der Waals surface area contributed by atoms with Gasteiger partial charge in [0.05, 0.1) is 25.4 Å². The Morgan fingerprint density at radius 2 is 2.03 bits per heavy atom. The maximum Gasteiger partial charge on any atom is 0.193 e. The van der Waals surface area contributed by atoms with Crippen molar-refractivity contribution in [2.45, 2.75) is 64.6 Å². The molecule has 1 aromatic carbocycles. The van der Waals surface area contributed by atoms with E-state index in [1.807, 2.05) is 13.0 Å². The van der Waals surface area contributed by atoms with Crippen LogP contribution in [0.5, 0.6) is 5.75 Å². The molecule has 0 amide bonds. The van der Waals surface area contributed by atoms with E-state index in [1.165, 1.54) is 18.4 Å². The Kier molecular flexibility index (Phi) is 12.6. The highest BCUT2D eigenvalue weighted by Crippen LogP contribution is 2.18. The van der Waals surface area contributed by atoms with Gasteiger partial charge in [-0.25, -0.2) is 0 Å². The minimum atomic E-state index is 0. The third-order valence-corrected chi connectivity index (χ3v) is 5.74. The summed E-state index contributed by atoms with van der Waals surface area (Å²) in [5, 5.41) is 3.46. The molecule has 3 rings (SSSR count). The lowest BCUT2D eigenvalue weighted by atomic mass is 10.1. The van der Waals surface area contributed by atoms with Gasteiger partial charge >= 0.3 is 0 Å². The number of halogens is 1. The highest BCUT2D eigenvalue weighted by Gasteiger charge is 2.23. The maximum absolute atomic E-state index is 6.16. The van der Waals surface area contributed by atoms with Crippen molar-refractivity contribution in [3.63, 3.8) is 0 Å². The second-order valence-electron chi connectivity index (χ2n) is 8.07. The van der Waals surface area contributed by atoms with E-state index in [2.05, 4.69) is 35.3 Å². The molecule has 0 spiro atoms. The minimum absolute atomic E-state index is 0. The highest BCUT2D eigenvalue weighted by atomic mass is 127. The van der Waals surface area contributed by atoms with Crippen LogP contribution in [-0.2, 0) is 15.9 Å². The molecule has 2 aliphatic heterocycles. The van der Waals surface area contributed by atoms with Crippen molar-refractivity contribution in [1.29, 1.82) is 0 Å². The van der Waals surface area contributed by atoms with Crippen LogP contribution in [-0.4, -0.2) is 69.1 Å². The Hall–Kier alpha value is -1.06. The average Bonchev–Trinajstić information content (AvgIpc) is 2.79. The summed E-state index contributed by atoms with van der Waals surface area (Å²) in [5.41, 5.74) is 1.26. The summed E-state index contributed by atoms with van der Waals surface area (Å²) in [7, 11) is 0. The van der Waals surface area contributed by atoms with Gasteiger partial charge in [0, 0.05) is 32.8 Å². The number of benzene rings is 1.